The zero-order chi connectivity index (χ0) is 10.6. The van der Waals surface area contributed by atoms with Gasteiger partial charge in [-0.25, -0.2) is 0 Å². The molecule has 4 heteroatoms. The fraction of sp³-hybridized carbons (Fsp3) is 0.900. The van der Waals surface area contributed by atoms with Crippen LogP contribution in [0.15, 0.2) is 0 Å². The predicted molar refractivity (Wildman–Crippen MR) is 54.7 cm³/mol. The maximum absolute atomic E-state index is 11.0. The predicted octanol–water partition coefficient (Wildman–Crippen LogP) is 0.0987. The summed E-state index contributed by atoms with van der Waals surface area (Å²) < 4.78 is 0. The van der Waals surface area contributed by atoms with Crippen LogP contribution in [0.2, 0.25) is 0 Å². The van der Waals surface area contributed by atoms with Gasteiger partial charge in [-0.05, 0) is 38.8 Å². The number of hydrogen-bond donors (Lipinski definition) is 2. The van der Waals surface area contributed by atoms with E-state index in [1.165, 1.54) is 0 Å². The van der Waals surface area contributed by atoms with E-state index in [9.17, 15) is 9.90 Å². The molecule has 0 bridgehead atoms. The number of carbonyl (C=O) groups is 1. The number of rotatable bonds is 3. The zero-order valence-corrected chi connectivity index (χ0v) is 8.83. The number of primary amides is 1. The van der Waals surface area contributed by atoms with Crippen LogP contribution < -0.4 is 5.73 Å². The third-order valence-corrected chi connectivity index (χ3v) is 2.90. The van der Waals surface area contributed by atoms with Gasteiger partial charge in [-0.1, -0.05) is 6.92 Å². The Morgan fingerprint density at radius 1 is 1.50 bits per heavy atom. The van der Waals surface area contributed by atoms with Crippen LogP contribution >= 0.6 is 0 Å². The van der Waals surface area contributed by atoms with Crippen molar-refractivity contribution in [3.05, 3.63) is 0 Å². The summed E-state index contributed by atoms with van der Waals surface area (Å²) in [5, 5.41) is 9.91. The van der Waals surface area contributed by atoms with Gasteiger partial charge in [-0.3, -0.25) is 4.79 Å². The second kappa shape index (κ2) is 4.75. The first-order valence-corrected chi connectivity index (χ1v) is 5.33. The molecule has 0 aromatic rings. The van der Waals surface area contributed by atoms with Crippen molar-refractivity contribution in [3.63, 3.8) is 0 Å². The molecule has 1 aliphatic rings. The molecule has 0 spiro atoms. The average Bonchev–Trinajstić information content (AvgIpc) is 2.30. The maximum Gasteiger partial charge on any atom is 0.249 e. The van der Waals surface area contributed by atoms with E-state index in [-0.39, 0.29) is 0 Å². The van der Waals surface area contributed by atoms with Crippen molar-refractivity contribution in [2.75, 3.05) is 19.6 Å². The van der Waals surface area contributed by atoms with Gasteiger partial charge in [0, 0.05) is 6.54 Å². The quantitative estimate of drug-likeness (QED) is 0.679. The van der Waals surface area contributed by atoms with Gasteiger partial charge in [0.25, 0.3) is 0 Å². The maximum atomic E-state index is 11.0. The van der Waals surface area contributed by atoms with E-state index in [2.05, 4.69) is 11.8 Å². The number of hydrogen-bond acceptors (Lipinski definition) is 3. The first kappa shape index (κ1) is 11.5. The number of nitrogens with two attached hydrogens (primary N) is 1. The Hall–Kier alpha value is -0.610. The van der Waals surface area contributed by atoms with E-state index in [4.69, 9.17) is 5.73 Å². The Morgan fingerprint density at radius 3 is 2.79 bits per heavy atom. The van der Waals surface area contributed by atoms with Crippen LogP contribution in [0.5, 0.6) is 0 Å². The van der Waals surface area contributed by atoms with Gasteiger partial charge < -0.3 is 15.7 Å². The standard InChI is InChI=1S/C10H20N2O2/c1-2-6-12-7-3-4-10(14,5-8-12)9(11)13/h14H,2-8H2,1H3,(H2,11,13). The van der Waals surface area contributed by atoms with Crippen molar-refractivity contribution >= 4 is 5.91 Å². The lowest BCUT2D eigenvalue weighted by molar-refractivity contribution is -0.137. The van der Waals surface area contributed by atoms with E-state index in [0.717, 1.165) is 32.5 Å². The molecule has 0 aromatic heterocycles. The zero-order valence-electron chi connectivity index (χ0n) is 8.83. The van der Waals surface area contributed by atoms with Gasteiger partial charge in [-0.2, -0.15) is 0 Å². The number of aliphatic hydroxyl groups is 1. The molecular weight excluding hydrogens is 180 g/mol. The Bertz CT molecular complexity index is 208. The molecule has 1 amide bonds. The summed E-state index contributed by atoms with van der Waals surface area (Å²) in [6.07, 6.45) is 2.93. The van der Waals surface area contributed by atoms with Crippen LogP contribution in [0.3, 0.4) is 0 Å². The molecule has 82 valence electrons. The second-order valence-corrected chi connectivity index (χ2v) is 4.09. The van der Waals surface area contributed by atoms with Crippen LogP contribution in [-0.2, 0) is 4.79 Å². The summed E-state index contributed by atoms with van der Waals surface area (Å²) >= 11 is 0. The lowest BCUT2D eigenvalue weighted by atomic mass is 9.94. The minimum atomic E-state index is -1.26. The number of carbonyl (C=O) groups excluding carboxylic acids is 1. The van der Waals surface area contributed by atoms with E-state index < -0.39 is 11.5 Å². The molecule has 0 aliphatic carbocycles. The van der Waals surface area contributed by atoms with Crippen molar-refractivity contribution in [1.29, 1.82) is 0 Å². The molecule has 1 aliphatic heterocycles. The Morgan fingerprint density at radius 2 is 2.21 bits per heavy atom. The first-order valence-electron chi connectivity index (χ1n) is 5.33. The minimum absolute atomic E-state index is 0.475. The Labute approximate surface area is 85.1 Å². The summed E-state index contributed by atoms with van der Waals surface area (Å²) in [5.41, 5.74) is 3.92. The summed E-state index contributed by atoms with van der Waals surface area (Å²) in [5.74, 6) is -0.573. The monoisotopic (exact) mass is 200 g/mol. The van der Waals surface area contributed by atoms with Crippen LogP contribution in [0.4, 0.5) is 0 Å². The molecule has 0 aromatic carbocycles. The van der Waals surface area contributed by atoms with Crippen LogP contribution in [0.1, 0.15) is 32.6 Å². The molecule has 1 fully saturated rings. The van der Waals surface area contributed by atoms with Crippen molar-refractivity contribution in [2.24, 2.45) is 5.73 Å². The summed E-state index contributed by atoms with van der Waals surface area (Å²) in [7, 11) is 0. The average molecular weight is 200 g/mol. The highest BCUT2D eigenvalue weighted by molar-refractivity contribution is 5.83. The van der Waals surface area contributed by atoms with Gasteiger partial charge >= 0.3 is 0 Å². The molecular formula is C10H20N2O2. The highest BCUT2D eigenvalue weighted by Crippen LogP contribution is 2.21. The molecule has 1 unspecified atom stereocenters. The fourth-order valence-corrected chi connectivity index (χ4v) is 1.96. The molecule has 4 nitrogen and oxygen atoms in total. The highest BCUT2D eigenvalue weighted by Gasteiger charge is 2.35. The Kier molecular flexibility index (Phi) is 3.89. The second-order valence-electron chi connectivity index (χ2n) is 4.09. The fourth-order valence-electron chi connectivity index (χ4n) is 1.96. The van der Waals surface area contributed by atoms with Crippen molar-refractivity contribution in [1.82, 2.24) is 4.90 Å². The number of nitrogens with zero attached hydrogens (tertiary/aromatic N) is 1. The molecule has 14 heavy (non-hydrogen) atoms. The number of amides is 1. The molecule has 1 heterocycles. The van der Waals surface area contributed by atoms with E-state index in [1.54, 1.807) is 0 Å². The smallest absolute Gasteiger partial charge is 0.249 e. The minimum Gasteiger partial charge on any atom is -0.380 e. The van der Waals surface area contributed by atoms with E-state index in [0.29, 0.717) is 12.8 Å². The summed E-state index contributed by atoms with van der Waals surface area (Å²) in [4.78, 5) is 13.3. The largest absolute Gasteiger partial charge is 0.380 e. The van der Waals surface area contributed by atoms with Crippen molar-refractivity contribution in [2.45, 2.75) is 38.2 Å². The Balaban J connectivity index is 2.52. The first-order chi connectivity index (χ1) is 6.58. The van der Waals surface area contributed by atoms with Crippen LogP contribution in [-0.4, -0.2) is 41.1 Å². The normalized spacial score (nSPS) is 29.9. The van der Waals surface area contributed by atoms with Crippen LogP contribution in [0, 0.1) is 0 Å². The van der Waals surface area contributed by atoms with Crippen LogP contribution in [0.25, 0.3) is 0 Å². The third kappa shape index (κ3) is 2.69. The molecule has 1 atom stereocenters. The molecule has 1 saturated heterocycles. The van der Waals surface area contributed by atoms with Gasteiger partial charge in [0.2, 0.25) is 5.91 Å². The van der Waals surface area contributed by atoms with Gasteiger partial charge in [-0.15, -0.1) is 0 Å². The number of likely N-dealkylation sites (tertiary alicyclic amines) is 1. The molecule has 1 rings (SSSR count). The molecule has 0 saturated carbocycles. The molecule has 0 radical (unpaired) electrons. The van der Waals surface area contributed by atoms with Crippen molar-refractivity contribution < 1.29 is 9.90 Å². The third-order valence-electron chi connectivity index (χ3n) is 2.90. The van der Waals surface area contributed by atoms with E-state index >= 15 is 0 Å². The summed E-state index contributed by atoms with van der Waals surface area (Å²) in [6.45, 7) is 4.90. The summed E-state index contributed by atoms with van der Waals surface area (Å²) in [6, 6.07) is 0. The SMILES string of the molecule is CCCN1CCCC(O)(C(N)=O)CC1. The topological polar surface area (TPSA) is 66.6 Å². The van der Waals surface area contributed by atoms with E-state index in [1.807, 2.05) is 0 Å². The van der Waals surface area contributed by atoms with Gasteiger partial charge in [0.15, 0.2) is 0 Å². The highest BCUT2D eigenvalue weighted by atomic mass is 16.3. The lowest BCUT2D eigenvalue weighted by Gasteiger charge is -2.23. The van der Waals surface area contributed by atoms with Gasteiger partial charge in [0.1, 0.15) is 5.60 Å². The van der Waals surface area contributed by atoms with Crippen molar-refractivity contribution in [3.8, 4) is 0 Å². The lowest BCUT2D eigenvalue weighted by Crippen LogP contribution is -2.44. The molecule has 3 N–H and O–H groups in total. The van der Waals surface area contributed by atoms with Gasteiger partial charge in [0.05, 0.1) is 0 Å².